The minimum Gasteiger partial charge on any atom is -0.280 e. The van der Waals surface area contributed by atoms with Gasteiger partial charge in [0, 0.05) is 34.2 Å². The van der Waals surface area contributed by atoms with E-state index in [1.54, 1.807) is 48.8 Å². The molecule has 3 aromatic rings. The zero-order chi connectivity index (χ0) is 20.0. The Kier molecular flexibility index (Phi) is 6.03. The molecule has 0 bridgehead atoms. The van der Waals surface area contributed by atoms with Crippen LogP contribution in [0.15, 0.2) is 83.1 Å². The van der Waals surface area contributed by atoms with Gasteiger partial charge >= 0.3 is 0 Å². The van der Waals surface area contributed by atoms with Crippen LogP contribution in [0.1, 0.15) is 15.9 Å². The Balaban J connectivity index is 1.72. The van der Waals surface area contributed by atoms with E-state index in [-0.39, 0.29) is 10.5 Å². The number of benzene rings is 2. The molecule has 0 aliphatic heterocycles. The van der Waals surface area contributed by atoms with Crippen molar-refractivity contribution < 1.29 is 13.2 Å². The van der Waals surface area contributed by atoms with Gasteiger partial charge in [-0.25, -0.2) is 13.8 Å². The van der Waals surface area contributed by atoms with Gasteiger partial charge in [0.15, 0.2) is 0 Å². The topological polar surface area (TPSA) is 101 Å². The average Bonchev–Trinajstić information content (AvgIpc) is 2.70. The van der Waals surface area contributed by atoms with Gasteiger partial charge < -0.3 is 0 Å². The number of nitrogens with zero attached hydrogens (tertiary/aromatic N) is 2. The van der Waals surface area contributed by atoms with Gasteiger partial charge in [-0.15, -0.1) is 0 Å². The molecule has 0 aliphatic carbocycles. The molecule has 0 unspecified atom stereocenters. The Morgan fingerprint density at radius 3 is 2.57 bits per heavy atom. The van der Waals surface area contributed by atoms with Gasteiger partial charge in [0.1, 0.15) is 0 Å². The van der Waals surface area contributed by atoms with Crippen molar-refractivity contribution in [2.75, 3.05) is 4.72 Å². The molecule has 28 heavy (non-hydrogen) atoms. The van der Waals surface area contributed by atoms with Gasteiger partial charge in [-0.1, -0.05) is 23.7 Å². The van der Waals surface area contributed by atoms with Gasteiger partial charge in [0.05, 0.1) is 11.1 Å². The summed E-state index contributed by atoms with van der Waals surface area (Å²) in [7, 11) is -3.87. The first-order valence-electron chi connectivity index (χ1n) is 8.06. The summed E-state index contributed by atoms with van der Waals surface area (Å²) in [5.41, 5.74) is 3.59. The second-order valence-corrected chi connectivity index (χ2v) is 7.74. The van der Waals surface area contributed by atoms with Gasteiger partial charge in [-0.3, -0.25) is 14.5 Å². The molecular formula is C19H15ClN4O3S. The highest BCUT2D eigenvalue weighted by Crippen LogP contribution is 2.19. The van der Waals surface area contributed by atoms with Gasteiger partial charge in [0.2, 0.25) is 0 Å². The largest absolute Gasteiger partial charge is 0.280 e. The number of sulfonamides is 1. The third kappa shape index (κ3) is 5.15. The second kappa shape index (κ2) is 8.64. The van der Waals surface area contributed by atoms with Crippen molar-refractivity contribution in [3.63, 3.8) is 0 Å². The van der Waals surface area contributed by atoms with E-state index in [2.05, 4.69) is 20.2 Å². The number of rotatable bonds is 6. The highest BCUT2D eigenvalue weighted by atomic mass is 35.5. The summed E-state index contributed by atoms with van der Waals surface area (Å²) in [5, 5.41) is 4.34. The summed E-state index contributed by atoms with van der Waals surface area (Å²) in [4.78, 5) is 16.1. The number of hydrogen-bond acceptors (Lipinski definition) is 5. The van der Waals surface area contributed by atoms with Crippen molar-refractivity contribution >= 4 is 39.4 Å². The van der Waals surface area contributed by atoms with Gasteiger partial charge in [0.25, 0.3) is 15.9 Å². The fourth-order valence-corrected chi connectivity index (χ4v) is 3.45. The number of carbonyl (C=O) groups is 1. The Bertz CT molecular complexity index is 1100. The maximum Gasteiger partial charge on any atom is 0.271 e. The van der Waals surface area contributed by atoms with E-state index in [0.717, 1.165) is 0 Å². The molecular weight excluding hydrogens is 400 g/mol. The third-order valence-corrected chi connectivity index (χ3v) is 5.20. The summed E-state index contributed by atoms with van der Waals surface area (Å²) in [6, 6.07) is 15.4. The molecule has 0 spiro atoms. The average molecular weight is 415 g/mol. The molecule has 0 saturated heterocycles. The number of carbonyl (C=O) groups excluding carboxylic acids is 1. The molecule has 1 aromatic heterocycles. The fourth-order valence-electron chi connectivity index (χ4n) is 2.22. The normalized spacial score (nSPS) is 11.3. The van der Waals surface area contributed by atoms with E-state index >= 15 is 0 Å². The summed E-state index contributed by atoms with van der Waals surface area (Å²) in [5.74, 6) is -0.538. The Morgan fingerprint density at radius 1 is 1.07 bits per heavy atom. The third-order valence-electron chi connectivity index (χ3n) is 3.57. The van der Waals surface area contributed by atoms with Crippen molar-refractivity contribution in [2.45, 2.75) is 4.90 Å². The van der Waals surface area contributed by atoms with Crippen molar-refractivity contribution in [1.82, 2.24) is 10.4 Å². The number of halogens is 1. The van der Waals surface area contributed by atoms with Crippen LogP contribution >= 0.6 is 11.6 Å². The lowest BCUT2D eigenvalue weighted by molar-refractivity contribution is 0.0955. The van der Waals surface area contributed by atoms with E-state index in [0.29, 0.717) is 16.3 Å². The van der Waals surface area contributed by atoms with E-state index in [1.807, 2.05) is 0 Å². The van der Waals surface area contributed by atoms with Crippen LogP contribution in [0.4, 0.5) is 5.69 Å². The number of amides is 1. The Hall–Kier alpha value is -3.23. The molecule has 0 fully saturated rings. The minimum atomic E-state index is -3.87. The number of nitrogens with one attached hydrogen (secondary N) is 2. The molecule has 7 nitrogen and oxygen atoms in total. The number of pyridine rings is 1. The first-order chi connectivity index (χ1) is 13.4. The molecule has 0 aliphatic rings. The first kappa shape index (κ1) is 19.5. The first-order valence-corrected chi connectivity index (χ1v) is 9.92. The molecule has 142 valence electrons. The standard InChI is InChI=1S/C19H15ClN4O3S/c20-16-6-8-17(9-7-16)24-28(26,27)18-5-1-4-15(11-18)19(25)23-22-13-14-3-2-10-21-12-14/h1-13,24H,(H,23,25). The van der Waals surface area contributed by atoms with E-state index in [4.69, 9.17) is 11.6 Å². The summed E-state index contributed by atoms with van der Waals surface area (Å²) >= 11 is 5.80. The minimum absolute atomic E-state index is 0.0497. The maximum absolute atomic E-state index is 12.5. The van der Waals surface area contributed by atoms with Crippen LogP contribution in [-0.4, -0.2) is 25.5 Å². The van der Waals surface area contributed by atoms with Crippen molar-refractivity contribution in [3.8, 4) is 0 Å². The quantitative estimate of drug-likeness (QED) is 0.477. The lowest BCUT2D eigenvalue weighted by atomic mass is 10.2. The number of hydrogen-bond donors (Lipinski definition) is 2. The molecule has 9 heteroatoms. The second-order valence-electron chi connectivity index (χ2n) is 5.63. The van der Waals surface area contributed by atoms with Crippen LogP contribution in [-0.2, 0) is 10.0 Å². The SMILES string of the molecule is O=C(NN=Cc1cccnc1)c1cccc(S(=O)(=O)Nc2ccc(Cl)cc2)c1. The summed E-state index contributed by atoms with van der Waals surface area (Å²) < 4.78 is 27.5. The van der Waals surface area contributed by atoms with Crippen LogP contribution in [0.3, 0.4) is 0 Å². The zero-order valence-corrected chi connectivity index (χ0v) is 16.0. The molecule has 1 amide bonds. The summed E-state index contributed by atoms with van der Waals surface area (Å²) in [6.07, 6.45) is 4.65. The van der Waals surface area contributed by atoms with E-state index < -0.39 is 15.9 Å². The zero-order valence-electron chi connectivity index (χ0n) is 14.4. The van der Waals surface area contributed by atoms with Crippen LogP contribution in [0.2, 0.25) is 5.02 Å². The van der Waals surface area contributed by atoms with Crippen LogP contribution in [0.5, 0.6) is 0 Å². The van der Waals surface area contributed by atoms with Crippen LogP contribution in [0.25, 0.3) is 0 Å². The highest BCUT2D eigenvalue weighted by molar-refractivity contribution is 7.92. The molecule has 2 aromatic carbocycles. The highest BCUT2D eigenvalue weighted by Gasteiger charge is 2.16. The Morgan fingerprint density at radius 2 is 1.86 bits per heavy atom. The van der Waals surface area contributed by atoms with Gasteiger partial charge in [-0.05, 0) is 48.5 Å². The van der Waals surface area contributed by atoms with Gasteiger partial charge in [-0.2, -0.15) is 5.10 Å². The molecule has 0 atom stereocenters. The van der Waals surface area contributed by atoms with Crippen LogP contribution < -0.4 is 10.1 Å². The monoisotopic (exact) mass is 414 g/mol. The van der Waals surface area contributed by atoms with E-state index in [1.165, 1.54) is 30.5 Å². The number of anilines is 1. The van der Waals surface area contributed by atoms with Crippen molar-refractivity contribution in [3.05, 3.63) is 89.2 Å². The van der Waals surface area contributed by atoms with Crippen LogP contribution in [0, 0.1) is 0 Å². The smallest absolute Gasteiger partial charge is 0.271 e. The number of aromatic nitrogens is 1. The maximum atomic E-state index is 12.5. The fraction of sp³-hybridized carbons (Fsp3) is 0. The molecule has 2 N–H and O–H groups in total. The lowest BCUT2D eigenvalue weighted by Crippen LogP contribution is -2.19. The molecule has 0 saturated carbocycles. The van der Waals surface area contributed by atoms with Crippen molar-refractivity contribution in [1.29, 1.82) is 0 Å². The number of hydrazone groups is 1. The predicted molar refractivity (Wildman–Crippen MR) is 108 cm³/mol. The van der Waals surface area contributed by atoms with E-state index in [9.17, 15) is 13.2 Å². The molecule has 0 radical (unpaired) electrons. The molecule has 1 heterocycles. The van der Waals surface area contributed by atoms with Crippen molar-refractivity contribution in [2.24, 2.45) is 5.10 Å². The summed E-state index contributed by atoms with van der Waals surface area (Å²) in [6.45, 7) is 0. The Labute approximate surface area is 167 Å². The molecule has 3 rings (SSSR count). The lowest BCUT2D eigenvalue weighted by Gasteiger charge is -2.09. The predicted octanol–water partition coefficient (Wildman–Crippen LogP) is 3.30.